The Balaban J connectivity index is 1.28. The molecule has 0 aliphatic carbocycles. The van der Waals surface area contributed by atoms with Gasteiger partial charge in [-0.05, 0) is 55.7 Å². The van der Waals surface area contributed by atoms with Crippen LogP contribution in [-0.2, 0) is 14.8 Å². The summed E-state index contributed by atoms with van der Waals surface area (Å²) in [6, 6.07) is 14.8. The average molecular weight is 443 g/mol. The van der Waals surface area contributed by atoms with E-state index in [9.17, 15) is 13.2 Å². The van der Waals surface area contributed by atoms with Crippen LogP contribution in [0, 0.1) is 6.92 Å². The lowest BCUT2D eigenvalue weighted by atomic mass is 10.1. The first-order chi connectivity index (χ1) is 14.9. The number of carbonyl (C=O) groups is 1. The van der Waals surface area contributed by atoms with Gasteiger partial charge in [0.1, 0.15) is 0 Å². The zero-order chi connectivity index (χ0) is 21.8. The molecular formula is C23H30N4O3S. The summed E-state index contributed by atoms with van der Waals surface area (Å²) in [4.78, 5) is 17.3. The topological polar surface area (TPSA) is 73.0 Å². The predicted molar refractivity (Wildman–Crippen MR) is 123 cm³/mol. The Labute approximate surface area is 184 Å². The first-order valence-electron chi connectivity index (χ1n) is 10.9. The summed E-state index contributed by atoms with van der Waals surface area (Å²) in [7, 11) is -3.43. The van der Waals surface area contributed by atoms with E-state index in [1.165, 1.54) is 15.6 Å². The minimum Gasteiger partial charge on any atom is -0.369 e. The molecule has 4 rings (SSSR count). The molecule has 7 nitrogen and oxygen atoms in total. The van der Waals surface area contributed by atoms with Crippen molar-refractivity contribution in [1.29, 1.82) is 0 Å². The molecule has 2 aliphatic rings. The van der Waals surface area contributed by atoms with Gasteiger partial charge in [-0.3, -0.25) is 9.69 Å². The van der Waals surface area contributed by atoms with Crippen LogP contribution < -0.4 is 10.2 Å². The maximum Gasteiger partial charge on any atom is 0.243 e. The molecule has 8 heteroatoms. The molecular weight excluding hydrogens is 412 g/mol. The highest BCUT2D eigenvalue weighted by Crippen LogP contribution is 2.23. The molecule has 0 aromatic heterocycles. The SMILES string of the molecule is Cc1ccccc1N1CCN(CC(=O)Nc2ccc(S(=O)(=O)N3CCCC3)cc2)CC1. The van der Waals surface area contributed by atoms with Gasteiger partial charge in [0, 0.05) is 50.6 Å². The van der Waals surface area contributed by atoms with E-state index in [1.54, 1.807) is 24.3 Å². The fourth-order valence-electron chi connectivity index (χ4n) is 4.26. The molecule has 2 aromatic rings. The Hall–Kier alpha value is -2.42. The molecule has 2 aliphatic heterocycles. The van der Waals surface area contributed by atoms with Crippen molar-refractivity contribution in [2.24, 2.45) is 0 Å². The predicted octanol–water partition coefficient (Wildman–Crippen LogP) is 2.54. The van der Waals surface area contributed by atoms with Gasteiger partial charge in [-0.2, -0.15) is 4.31 Å². The number of amides is 1. The highest BCUT2D eigenvalue weighted by molar-refractivity contribution is 7.89. The zero-order valence-corrected chi connectivity index (χ0v) is 18.8. The summed E-state index contributed by atoms with van der Waals surface area (Å²) < 4.78 is 26.7. The second-order valence-corrected chi connectivity index (χ2v) is 10.2. The first kappa shape index (κ1) is 21.8. The number of piperazine rings is 1. The number of aryl methyl sites for hydroxylation is 1. The summed E-state index contributed by atoms with van der Waals surface area (Å²) in [5.41, 5.74) is 3.14. The van der Waals surface area contributed by atoms with Crippen molar-refractivity contribution in [3.63, 3.8) is 0 Å². The van der Waals surface area contributed by atoms with Gasteiger partial charge in [-0.15, -0.1) is 0 Å². The second kappa shape index (κ2) is 9.38. The number of benzene rings is 2. The molecule has 0 bridgehead atoms. The van der Waals surface area contributed by atoms with Crippen molar-refractivity contribution in [2.45, 2.75) is 24.7 Å². The highest BCUT2D eigenvalue weighted by Gasteiger charge is 2.27. The second-order valence-electron chi connectivity index (χ2n) is 8.23. The Morgan fingerprint density at radius 2 is 1.55 bits per heavy atom. The summed E-state index contributed by atoms with van der Waals surface area (Å²) >= 11 is 0. The molecule has 0 atom stereocenters. The highest BCUT2D eigenvalue weighted by atomic mass is 32.2. The van der Waals surface area contributed by atoms with Crippen LogP contribution in [0.15, 0.2) is 53.4 Å². The third kappa shape index (κ3) is 5.08. The van der Waals surface area contributed by atoms with E-state index in [0.29, 0.717) is 25.3 Å². The molecule has 2 aromatic carbocycles. The fraction of sp³-hybridized carbons (Fsp3) is 0.435. The first-order valence-corrected chi connectivity index (χ1v) is 12.3. The summed E-state index contributed by atoms with van der Waals surface area (Å²) in [5, 5.41) is 2.89. The molecule has 1 amide bonds. The molecule has 0 spiro atoms. The summed E-state index contributed by atoms with van der Waals surface area (Å²) in [6.07, 6.45) is 1.82. The number of anilines is 2. The van der Waals surface area contributed by atoms with Crippen LogP contribution >= 0.6 is 0 Å². The van der Waals surface area contributed by atoms with Gasteiger partial charge in [0.15, 0.2) is 0 Å². The van der Waals surface area contributed by atoms with Crippen LogP contribution in [0.2, 0.25) is 0 Å². The Morgan fingerprint density at radius 3 is 2.19 bits per heavy atom. The van der Waals surface area contributed by atoms with Crippen molar-refractivity contribution in [3.8, 4) is 0 Å². The van der Waals surface area contributed by atoms with E-state index in [4.69, 9.17) is 0 Å². The van der Waals surface area contributed by atoms with Crippen LogP contribution in [0.25, 0.3) is 0 Å². The average Bonchev–Trinajstić information content (AvgIpc) is 3.31. The van der Waals surface area contributed by atoms with Gasteiger partial charge < -0.3 is 10.2 Å². The number of para-hydroxylation sites is 1. The third-order valence-electron chi connectivity index (χ3n) is 6.04. The Kier molecular flexibility index (Phi) is 6.60. The smallest absolute Gasteiger partial charge is 0.243 e. The van der Waals surface area contributed by atoms with Crippen molar-refractivity contribution in [1.82, 2.24) is 9.21 Å². The number of hydrogen-bond acceptors (Lipinski definition) is 5. The molecule has 1 N–H and O–H groups in total. The van der Waals surface area contributed by atoms with Gasteiger partial charge >= 0.3 is 0 Å². The molecule has 31 heavy (non-hydrogen) atoms. The van der Waals surface area contributed by atoms with E-state index in [0.717, 1.165) is 39.0 Å². The van der Waals surface area contributed by atoms with Gasteiger partial charge in [0.05, 0.1) is 11.4 Å². The van der Waals surface area contributed by atoms with E-state index >= 15 is 0 Å². The maximum absolute atomic E-state index is 12.6. The van der Waals surface area contributed by atoms with Crippen LogP contribution in [-0.4, -0.2) is 69.3 Å². The Morgan fingerprint density at radius 1 is 0.903 bits per heavy atom. The molecule has 166 valence electrons. The van der Waals surface area contributed by atoms with Crippen molar-refractivity contribution in [3.05, 3.63) is 54.1 Å². The summed E-state index contributed by atoms with van der Waals surface area (Å²) in [6.45, 7) is 7.05. The monoisotopic (exact) mass is 442 g/mol. The minimum atomic E-state index is -3.43. The number of nitrogens with one attached hydrogen (secondary N) is 1. The van der Waals surface area contributed by atoms with Crippen LogP contribution in [0.1, 0.15) is 18.4 Å². The molecule has 2 heterocycles. The third-order valence-corrected chi connectivity index (χ3v) is 7.95. The van der Waals surface area contributed by atoms with Crippen LogP contribution in [0.5, 0.6) is 0 Å². The molecule has 2 fully saturated rings. The Bertz CT molecular complexity index is 1010. The molecule has 0 unspecified atom stereocenters. The maximum atomic E-state index is 12.6. The quantitative estimate of drug-likeness (QED) is 0.744. The standard InChI is InChI=1S/C23H30N4O3S/c1-19-6-2-3-7-22(19)26-16-14-25(15-17-26)18-23(28)24-20-8-10-21(11-9-20)31(29,30)27-12-4-5-13-27/h2-3,6-11H,4-5,12-18H2,1H3,(H,24,28). The van der Waals surface area contributed by atoms with Crippen molar-refractivity contribution in [2.75, 3.05) is 56.0 Å². The fourth-order valence-corrected chi connectivity index (χ4v) is 5.77. The van der Waals surface area contributed by atoms with Gasteiger partial charge in [-0.25, -0.2) is 8.42 Å². The number of rotatable bonds is 6. The van der Waals surface area contributed by atoms with Gasteiger partial charge in [0.2, 0.25) is 15.9 Å². The largest absolute Gasteiger partial charge is 0.369 e. The number of sulfonamides is 1. The van der Waals surface area contributed by atoms with E-state index in [-0.39, 0.29) is 10.8 Å². The lowest BCUT2D eigenvalue weighted by molar-refractivity contribution is -0.117. The van der Waals surface area contributed by atoms with E-state index < -0.39 is 10.0 Å². The van der Waals surface area contributed by atoms with Crippen LogP contribution in [0.3, 0.4) is 0 Å². The lowest BCUT2D eigenvalue weighted by Crippen LogP contribution is -2.48. The van der Waals surface area contributed by atoms with Crippen LogP contribution in [0.4, 0.5) is 11.4 Å². The lowest BCUT2D eigenvalue weighted by Gasteiger charge is -2.36. The molecule has 2 saturated heterocycles. The molecule has 0 saturated carbocycles. The van der Waals surface area contributed by atoms with E-state index in [2.05, 4.69) is 40.2 Å². The molecule has 0 radical (unpaired) electrons. The minimum absolute atomic E-state index is 0.0838. The number of carbonyl (C=O) groups excluding carboxylic acids is 1. The van der Waals surface area contributed by atoms with Gasteiger partial charge in [0.25, 0.3) is 0 Å². The summed E-state index contributed by atoms with van der Waals surface area (Å²) in [5.74, 6) is -0.0838. The van der Waals surface area contributed by atoms with Crippen molar-refractivity contribution < 1.29 is 13.2 Å². The zero-order valence-electron chi connectivity index (χ0n) is 18.0. The van der Waals surface area contributed by atoms with Gasteiger partial charge in [-0.1, -0.05) is 18.2 Å². The van der Waals surface area contributed by atoms with Crippen molar-refractivity contribution >= 4 is 27.3 Å². The normalized spacial score (nSPS) is 18.3. The number of nitrogens with zero attached hydrogens (tertiary/aromatic N) is 3. The number of hydrogen-bond donors (Lipinski definition) is 1. The van der Waals surface area contributed by atoms with E-state index in [1.807, 2.05) is 6.07 Å².